The van der Waals surface area contributed by atoms with E-state index < -0.39 is 0 Å². The standard InChI is InChI=1S/C18H16ClN3O2/c1-11-7-8-16(14(19)9-11)22-17(23)10-24-18-13-5-3-4-6-15(13)20-12(2)21-18/h3-9H,10H2,1-2H3,(H,22,23). The second kappa shape index (κ2) is 6.84. The number of anilines is 1. The van der Waals surface area contributed by atoms with Crippen LogP contribution in [0.25, 0.3) is 10.9 Å². The van der Waals surface area contributed by atoms with Gasteiger partial charge in [-0.3, -0.25) is 4.79 Å². The highest BCUT2D eigenvalue weighted by Gasteiger charge is 2.10. The molecule has 0 atom stereocenters. The van der Waals surface area contributed by atoms with Crippen molar-refractivity contribution in [1.82, 2.24) is 9.97 Å². The molecule has 1 aromatic heterocycles. The van der Waals surface area contributed by atoms with Gasteiger partial charge < -0.3 is 10.1 Å². The molecule has 24 heavy (non-hydrogen) atoms. The van der Waals surface area contributed by atoms with Crippen molar-refractivity contribution >= 4 is 34.1 Å². The van der Waals surface area contributed by atoms with E-state index in [0.29, 0.717) is 22.4 Å². The lowest BCUT2D eigenvalue weighted by Gasteiger charge is -2.10. The molecule has 1 amide bonds. The van der Waals surface area contributed by atoms with Gasteiger partial charge in [-0.25, -0.2) is 4.98 Å². The minimum Gasteiger partial charge on any atom is -0.467 e. The first-order valence-corrected chi connectivity index (χ1v) is 7.83. The molecule has 0 aliphatic rings. The number of carbonyl (C=O) groups excluding carboxylic acids is 1. The molecule has 0 bridgehead atoms. The predicted molar refractivity (Wildman–Crippen MR) is 94.6 cm³/mol. The number of rotatable bonds is 4. The molecule has 3 rings (SSSR count). The molecule has 0 spiro atoms. The van der Waals surface area contributed by atoms with Crippen LogP contribution in [0.3, 0.4) is 0 Å². The molecule has 0 fully saturated rings. The Morgan fingerprint density at radius 3 is 2.75 bits per heavy atom. The summed E-state index contributed by atoms with van der Waals surface area (Å²) < 4.78 is 5.59. The van der Waals surface area contributed by atoms with Crippen LogP contribution in [0.4, 0.5) is 5.69 Å². The van der Waals surface area contributed by atoms with E-state index in [-0.39, 0.29) is 12.5 Å². The maximum atomic E-state index is 12.1. The number of hydrogen-bond donors (Lipinski definition) is 1. The van der Waals surface area contributed by atoms with Gasteiger partial charge in [0.25, 0.3) is 5.91 Å². The number of ether oxygens (including phenoxy) is 1. The Bertz CT molecular complexity index is 912. The molecule has 0 radical (unpaired) electrons. The van der Waals surface area contributed by atoms with Crippen LogP contribution in [-0.2, 0) is 4.79 Å². The van der Waals surface area contributed by atoms with Gasteiger partial charge in [0.1, 0.15) is 5.82 Å². The topological polar surface area (TPSA) is 64.1 Å². The number of benzene rings is 2. The van der Waals surface area contributed by atoms with E-state index in [2.05, 4.69) is 15.3 Å². The molecule has 6 heteroatoms. The molecule has 1 heterocycles. The van der Waals surface area contributed by atoms with Crippen molar-refractivity contribution in [3.8, 4) is 5.88 Å². The first kappa shape index (κ1) is 16.2. The summed E-state index contributed by atoms with van der Waals surface area (Å²) in [7, 11) is 0. The lowest BCUT2D eigenvalue weighted by atomic mass is 10.2. The van der Waals surface area contributed by atoms with Crippen LogP contribution in [-0.4, -0.2) is 22.5 Å². The quantitative estimate of drug-likeness (QED) is 0.781. The summed E-state index contributed by atoms with van der Waals surface area (Å²) >= 11 is 6.11. The zero-order valence-electron chi connectivity index (χ0n) is 13.3. The monoisotopic (exact) mass is 341 g/mol. The van der Waals surface area contributed by atoms with Crippen LogP contribution in [0.2, 0.25) is 5.02 Å². The molecule has 5 nitrogen and oxygen atoms in total. The van der Waals surface area contributed by atoms with Crippen molar-refractivity contribution in [2.45, 2.75) is 13.8 Å². The zero-order chi connectivity index (χ0) is 17.1. The van der Waals surface area contributed by atoms with Crippen molar-refractivity contribution in [3.63, 3.8) is 0 Å². The summed E-state index contributed by atoms with van der Waals surface area (Å²) in [5, 5.41) is 3.99. The third-order valence-corrected chi connectivity index (χ3v) is 3.73. The average Bonchev–Trinajstić information content (AvgIpc) is 2.55. The molecule has 0 unspecified atom stereocenters. The molecular formula is C18H16ClN3O2. The van der Waals surface area contributed by atoms with Gasteiger partial charge in [0.05, 0.1) is 21.6 Å². The van der Waals surface area contributed by atoms with E-state index in [1.54, 1.807) is 19.1 Å². The third-order valence-electron chi connectivity index (χ3n) is 3.42. The Labute approximate surface area is 144 Å². The SMILES string of the molecule is Cc1ccc(NC(=O)COc2nc(C)nc3ccccc23)c(Cl)c1. The van der Waals surface area contributed by atoms with Gasteiger partial charge in [0, 0.05) is 0 Å². The number of fused-ring (bicyclic) bond motifs is 1. The van der Waals surface area contributed by atoms with Gasteiger partial charge in [-0.15, -0.1) is 0 Å². The van der Waals surface area contributed by atoms with E-state index in [0.717, 1.165) is 16.5 Å². The number of halogens is 1. The van der Waals surface area contributed by atoms with Crippen LogP contribution < -0.4 is 10.1 Å². The number of aromatic nitrogens is 2. The Morgan fingerprint density at radius 1 is 1.17 bits per heavy atom. The largest absolute Gasteiger partial charge is 0.467 e. The predicted octanol–water partition coefficient (Wildman–Crippen LogP) is 3.92. The summed E-state index contributed by atoms with van der Waals surface area (Å²) in [4.78, 5) is 20.7. The fraction of sp³-hybridized carbons (Fsp3) is 0.167. The summed E-state index contributed by atoms with van der Waals surface area (Å²) in [6.45, 7) is 3.55. The van der Waals surface area contributed by atoms with Crippen molar-refractivity contribution in [2.24, 2.45) is 0 Å². The van der Waals surface area contributed by atoms with Crippen LogP contribution in [0.5, 0.6) is 5.88 Å². The van der Waals surface area contributed by atoms with E-state index in [1.807, 2.05) is 37.3 Å². The average molecular weight is 342 g/mol. The normalized spacial score (nSPS) is 10.6. The van der Waals surface area contributed by atoms with E-state index in [1.165, 1.54) is 0 Å². The van der Waals surface area contributed by atoms with Crippen molar-refractivity contribution in [2.75, 3.05) is 11.9 Å². The number of nitrogens with zero attached hydrogens (tertiary/aromatic N) is 2. The summed E-state index contributed by atoms with van der Waals surface area (Å²) in [6, 6.07) is 12.9. The van der Waals surface area contributed by atoms with Gasteiger partial charge in [-0.1, -0.05) is 29.8 Å². The fourth-order valence-corrected chi connectivity index (χ4v) is 2.59. The second-order valence-corrected chi connectivity index (χ2v) is 5.82. The highest BCUT2D eigenvalue weighted by molar-refractivity contribution is 6.33. The lowest BCUT2D eigenvalue weighted by molar-refractivity contribution is -0.118. The summed E-state index contributed by atoms with van der Waals surface area (Å²) in [5.41, 5.74) is 2.36. The Kier molecular flexibility index (Phi) is 4.62. The Hall–Kier alpha value is -2.66. The molecule has 0 saturated heterocycles. The number of carbonyl (C=O) groups is 1. The van der Waals surface area contributed by atoms with Crippen LogP contribution in [0, 0.1) is 13.8 Å². The van der Waals surface area contributed by atoms with Gasteiger partial charge >= 0.3 is 0 Å². The van der Waals surface area contributed by atoms with Crippen molar-refractivity contribution in [1.29, 1.82) is 0 Å². The summed E-state index contributed by atoms with van der Waals surface area (Å²) in [5.74, 6) is 0.676. The van der Waals surface area contributed by atoms with Crippen LogP contribution >= 0.6 is 11.6 Å². The molecule has 0 aliphatic heterocycles. The highest BCUT2D eigenvalue weighted by Crippen LogP contribution is 2.24. The fourth-order valence-electron chi connectivity index (χ4n) is 2.31. The van der Waals surface area contributed by atoms with E-state index in [9.17, 15) is 4.79 Å². The van der Waals surface area contributed by atoms with E-state index in [4.69, 9.17) is 16.3 Å². The van der Waals surface area contributed by atoms with Gasteiger partial charge in [0.2, 0.25) is 5.88 Å². The van der Waals surface area contributed by atoms with Crippen molar-refractivity contribution in [3.05, 3.63) is 58.9 Å². The Balaban J connectivity index is 1.73. The van der Waals surface area contributed by atoms with Gasteiger partial charge in [-0.2, -0.15) is 4.98 Å². The zero-order valence-corrected chi connectivity index (χ0v) is 14.1. The minimum absolute atomic E-state index is 0.162. The number of nitrogens with one attached hydrogen (secondary N) is 1. The molecule has 1 N–H and O–H groups in total. The van der Waals surface area contributed by atoms with E-state index >= 15 is 0 Å². The van der Waals surface area contributed by atoms with Crippen molar-refractivity contribution < 1.29 is 9.53 Å². The van der Waals surface area contributed by atoms with Crippen LogP contribution in [0.1, 0.15) is 11.4 Å². The third kappa shape index (κ3) is 3.63. The van der Waals surface area contributed by atoms with Crippen LogP contribution in [0.15, 0.2) is 42.5 Å². The first-order valence-electron chi connectivity index (χ1n) is 7.45. The van der Waals surface area contributed by atoms with Gasteiger partial charge in [-0.05, 0) is 43.7 Å². The maximum Gasteiger partial charge on any atom is 0.262 e. The second-order valence-electron chi connectivity index (χ2n) is 5.41. The number of hydrogen-bond acceptors (Lipinski definition) is 4. The van der Waals surface area contributed by atoms with Gasteiger partial charge in [0.15, 0.2) is 6.61 Å². The molecule has 0 saturated carbocycles. The molecule has 3 aromatic rings. The first-order chi connectivity index (χ1) is 11.5. The lowest BCUT2D eigenvalue weighted by Crippen LogP contribution is -2.21. The Morgan fingerprint density at radius 2 is 1.96 bits per heavy atom. The molecule has 122 valence electrons. The smallest absolute Gasteiger partial charge is 0.262 e. The minimum atomic E-state index is -0.305. The highest BCUT2D eigenvalue weighted by atomic mass is 35.5. The number of amides is 1. The maximum absolute atomic E-state index is 12.1. The molecule has 0 aliphatic carbocycles. The number of para-hydroxylation sites is 1. The molecular weight excluding hydrogens is 326 g/mol. The summed E-state index contributed by atoms with van der Waals surface area (Å²) in [6.07, 6.45) is 0. The number of aryl methyl sites for hydroxylation is 2. The molecule has 2 aromatic carbocycles.